The molecule has 1 N–H and O–H groups in total. The van der Waals surface area contributed by atoms with E-state index in [1.165, 1.54) is 0 Å². The lowest BCUT2D eigenvalue weighted by Gasteiger charge is -2.24. The summed E-state index contributed by atoms with van der Waals surface area (Å²) in [6.45, 7) is 10.8. The molecule has 1 aliphatic rings. The second kappa shape index (κ2) is 5.48. The molecule has 0 radical (unpaired) electrons. The summed E-state index contributed by atoms with van der Waals surface area (Å²) in [4.78, 5) is 13.9. The normalized spacial score (nSPS) is 20.7. The first kappa shape index (κ1) is 13.2. The smallest absolute Gasteiger partial charge is 0.222 e. The maximum atomic E-state index is 11.9. The molecule has 0 aromatic heterocycles. The Hall–Kier alpha value is -0.830. The van der Waals surface area contributed by atoms with Crippen LogP contribution in [0.2, 0.25) is 0 Å². The predicted octanol–water partition coefficient (Wildman–Crippen LogP) is 1.80. The van der Waals surface area contributed by atoms with Gasteiger partial charge in [0.05, 0.1) is 0 Å². The Bertz CT molecular complexity index is 271. The Balaban J connectivity index is 2.53. The summed E-state index contributed by atoms with van der Waals surface area (Å²) >= 11 is 0. The highest BCUT2D eigenvalue weighted by Crippen LogP contribution is 2.30. The van der Waals surface area contributed by atoms with Crippen LogP contribution in [-0.2, 0) is 4.79 Å². The van der Waals surface area contributed by atoms with E-state index in [1.807, 2.05) is 11.9 Å². The zero-order valence-corrected chi connectivity index (χ0v) is 10.8. The van der Waals surface area contributed by atoms with Crippen molar-refractivity contribution in [2.24, 2.45) is 5.41 Å². The minimum atomic E-state index is 0.280. The zero-order chi connectivity index (χ0) is 12.2. The maximum absolute atomic E-state index is 11.9. The van der Waals surface area contributed by atoms with Crippen LogP contribution < -0.4 is 5.32 Å². The highest BCUT2D eigenvalue weighted by atomic mass is 16.2. The minimum Gasteiger partial charge on any atom is -0.339 e. The lowest BCUT2D eigenvalue weighted by molar-refractivity contribution is -0.130. The standard InChI is InChI=1S/C13H24N2O/c1-11(9-14-4)10-15-8-7-13(2,3)6-5-12(15)16/h14H,1,5-10H2,2-4H3. The molecule has 1 aliphatic heterocycles. The fraction of sp³-hybridized carbons (Fsp3) is 0.769. The van der Waals surface area contributed by atoms with Gasteiger partial charge in [0, 0.05) is 26.1 Å². The number of rotatable bonds is 4. The van der Waals surface area contributed by atoms with Crippen molar-refractivity contribution in [1.29, 1.82) is 0 Å². The van der Waals surface area contributed by atoms with Crippen LogP contribution in [0, 0.1) is 5.41 Å². The third kappa shape index (κ3) is 3.97. The third-order valence-electron chi connectivity index (χ3n) is 3.27. The molecule has 1 rings (SSSR count). The summed E-state index contributed by atoms with van der Waals surface area (Å²) in [5, 5.41) is 3.07. The van der Waals surface area contributed by atoms with E-state index in [1.54, 1.807) is 0 Å². The quantitative estimate of drug-likeness (QED) is 0.739. The van der Waals surface area contributed by atoms with Gasteiger partial charge >= 0.3 is 0 Å². The number of amides is 1. The lowest BCUT2D eigenvalue weighted by atomic mass is 9.85. The molecule has 0 unspecified atom stereocenters. The van der Waals surface area contributed by atoms with E-state index in [9.17, 15) is 4.79 Å². The topological polar surface area (TPSA) is 32.3 Å². The molecule has 92 valence electrons. The van der Waals surface area contributed by atoms with Crippen molar-refractivity contribution < 1.29 is 4.79 Å². The monoisotopic (exact) mass is 224 g/mol. The lowest BCUT2D eigenvalue weighted by Crippen LogP contribution is -2.33. The minimum absolute atomic E-state index is 0.280. The van der Waals surface area contributed by atoms with Crippen LogP contribution in [0.5, 0.6) is 0 Å². The van der Waals surface area contributed by atoms with Gasteiger partial charge in [-0.25, -0.2) is 0 Å². The molecule has 1 amide bonds. The summed E-state index contributed by atoms with van der Waals surface area (Å²) < 4.78 is 0. The fourth-order valence-corrected chi connectivity index (χ4v) is 2.03. The molecule has 0 bridgehead atoms. The van der Waals surface area contributed by atoms with E-state index >= 15 is 0 Å². The van der Waals surface area contributed by atoms with E-state index in [2.05, 4.69) is 25.7 Å². The molecule has 1 heterocycles. The molecule has 1 saturated heterocycles. The molecule has 0 aromatic carbocycles. The first-order chi connectivity index (χ1) is 7.44. The molecule has 16 heavy (non-hydrogen) atoms. The molecule has 0 atom stereocenters. The third-order valence-corrected chi connectivity index (χ3v) is 3.27. The SMILES string of the molecule is C=C(CNC)CN1CCC(C)(C)CCC1=O. The van der Waals surface area contributed by atoms with Crippen molar-refractivity contribution in [2.75, 3.05) is 26.7 Å². The molecule has 0 aliphatic carbocycles. The molecule has 0 spiro atoms. The summed E-state index contributed by atoms with van der Waals surface area (Å²) in [5.74, 6) is 0.280. The predicted molar refractivity (Wildman–Crippen MR) is 67.3 cm³/mol. The molecular weight excluding hydrogens is 200 g/mol. The highest BCUT2D eigenvalue weighted by Gasteiger charge is 2.27. The van der Waals surface area contributed by atoms with E-state index in [0.29, 0.717) is 18.4 Å². The van der Waals surface area contributed by atoms with Crippen molar-refractivity contribution in [3.05, 3.63) is 12.2 Å². The van der Waals surface area contributed by atoms with Gasteiger partial charge < -0.3 is 10.2 Å². The second-order valence-corrected chi connectivity index (χ2v) is 5.51. The van der Waals surface area contributed by atoms with Crippen LogP contribution in [-0.4, -0.2) is 37.5 Å². The van der Waals surface area contributed by atoms with Crippen LogP contribution in [0.1, 0.15) is 33.1 Å². The zero-order valence-electron chi connectivity index (χ0n) is 10.8. The van der Waals surface area contributed by atoms with Gasteiger partial charge in [-0.05, 0) is 30.9 Å². The average molecular weight is 224 g/mol. The van der Waals surface area contributed by atoms with Crippen molar-refractivity contribution in [1.82, 2.24) is 10.2 Å². The Labute approximate surface area is 98.9 Å². The number of nitrogens with zero attached hydrogens (tertiary/aromatic N) is 1. The van der Waals surface area contributed by atoms with Crippen molar-refractivity contribution in [2.45, 2.75) is 33.1 Å². The number of likely N-dealkylation sites (N-methyl/N-ethyl adjacent to an activating group) is 1. The second-order valence-electron chi connectivity index (χ2n) is 5.51. The summed E-state index contributed by atoms with van der Waals surface area (Å²) in [6, 6.07) is 0. The van der Waals surface area contributed by atoms with Gasteiger partial charge in [0.1, 0.15) is 0 Å². The van der Waals surface area contributed by atoms with Gasteiger partial charge in [-0.1, -0.05) is 20.4 Å². The summed E-state index contributed by atoms with van der Waals surface area (Å²) in [7, 11) is 1.90. The number of likely N-dealkylation sites (tertiary alicyclic amines) is 1. The van der Waals surface area contributed by atoms with E-state index in [-0.39, 0.29) is 5.91 Å². The summed E-state index contributed by atoms with van der Waals surface area (Å²) in [5.41, 5.74) is 1.38. The van der Waals surface area contributed by atoms with Gasteiger partial charge in [0.2, 0.25) is 5.91 Å². The van der Waals surface area contributed by atoms with Crippen molar-refractivity contribution in [3.8, 4) is 0 Å². The number of hydrogen-bond acceptors (Lipinski definition) is 2. The first-order valence-electron chi connectivity index (χ1n) is 6.04. The Morgan fingerprint density at radius 3 is 2.81 bits per heavy atom. The molecule has 1 fully saturated rings. The molecular formula is C13H24N2O. The Morgan fingerprint density at radius 1 is 1.50 bits per heavy atom. The number of carbonyl (C=O) groups excluding carboxylic acids is 1. The average Bonchev–Trinajstić information content (AvgIpc) is 2.31. The van der Waals surface area contributed by atoms with Gasteiger partial charge in [-0.3, -0.25) is 4.79 Å². The molecule has 0 saturated carbocycles. The number of carbonyl (C=O) groups is 1. The van der Waals surface area contributed by atoms with Crippen molar-refractivity contribution >= 4 is 5.91 Å². The van der Waals surface area contributed by atoms with Crippen LogP contribution in [0.4, 0.5) is 0 Å². The van der Waals surface area contributed by atoms with Crippen LogP contribution in [0.3, 0.4) is 0 Å². The van der Waals surface area contributed by atoms with Gasteiger partial charge in [0.15, 0.2) is 0 Å². The first-order valence-corrected chi connectivity index (χ1v) is 6.04. The fourth-order valence-electron chi connectivity index (χ4n) is 2.03. The Morgan fingerprint density at radius 2 is 2.19 bits per heavy atom. The number of hydrogen-bond donors (Lipinski definition) is 1. The molecule has 3 heteroatoms. The largest absolute Gasteiger partial charge is 0.339 e. The van der Waals surface area contributed by atoms with Gasteiger partial charge in [-0.2, -0.15) is 0 Å². The van der Waals surface area contributed by atoms with Crippen LogP contribution in [0.25, 0.3) is 0 Å². The summed E-state index contributed by atoms with van der Waals surface area (Å²) in [6.07, 6.45) is 2.77. The van der Waals surface area contributed by atoms with Crippen molar-refractivity contribution in [3.63, 3.8) is 0 Å². The highest BCUT2D eigenvalue weighted by molar-refractivity contribution is 5.76. The molecule has 0 aromatic rings. The van der Waals surface area contributed by atoms with Crippen LogP contribution >= 0.6 is 0 Å². The van der Waals surface area contributed by atoms with Gasteiger partial charge in [0.25, 0.3) is 0 Å². The maximum Gasteiger partial charge on any atom is 0.222 e. The van der Waals surface area contributed by atoms with Crippen LogP contribution in [0.15, 0.2) is 12.2 Å². The van der Waals surface area contributed by atoms with Gasteiger partial charge in [-0.15, -0.1) is 0 Å². The molecule has 3 nitrogen and oxygen atoms in total. The van der Waals surface area contributed by atoms with E-state index < -0.39 is 0 Å². The van der Waals surface area contributed by atoms with E-state index in [4.69, 9.17) is 0 Å². The Kier molecular flexibility index (Phi) is 4.54. The van der Waals surface area contributed by atoms with E-state index in [0.717, 1.165) is 31.5 Å². The number of nitrogens with one attached hydrogen (secondary N) is 1.